The molecule has 0 fully saturated rings. The van der Waals surface area contributed by atoms with Crippen molar-refractivity contribution < 1.29 is 9.53 Å². The Kier molecular flexibility index (Phi) is 5.18. The summed E-state index contributed by atoms with van der Waals surface area (Å²) in [6.45, 7) is 2.63. The van der Waals surface area contributed by atoms with E-state index in [0.29, 0.717) is 17.9 Å². The van der Waals surface area contributed by atoms with Crippen molar-refractivity contribution in [2.45, 2.75) is 13.3 Å². The highest BCUT2D eigenvalue weighted by Crippen LogP contribution is 2.21. The predicted molar refractivity (Wildman–Crippen MR) is 84.3 cm³/mol. The third-order valence-corrected chi connectivity index (χ3v) is 3.17. The molecule has 1 amide bonds. The van der Waals surface area contributed by atoms with Gasteiger partial charge < -0.3 is 10.1 Å². The molecule has 0 aliphatic rings. The lowest BCUT2D eigenvalue weighted by Gasteiger charge is -2.11. The number of hydrogen-bond donors (Lipinski definition) is 1. The molecule has 0 aliphatic carbocycles. The molecule has 0 atom stereocenters. The van der Waals surface area contributed by atoms with E-state index in [0.717, 1.165) is 16.6 Å². The molecule has 0 aromatic heterocycles. The van der Waals surface area contributed by atoms with Crippen molar-refractivity contribution in [3.05, 3.63) is 58.6 Å². The SMILES string of the molecule is CCCOc1ccccc1C(=O)Nc1cccc(Br)c1. The molecule has 0 radical (unpaired) electrons. The lowest BCUT2D eigenvalue weighted by atomic mass is 10.2. The molecule has 3 nitrogen and oxygen atoms in total. The second-order valence-corrected chi connectivity index (χ2v) is 5.22. The number of nitrogens with one attached hydrogen (secondary N) is 1. The first-order valence-electron chi connectivity index (χ1n) is 6.49. The van der Waals surface area contributed by atoms with Crippen LogP contribution in [0.1, 0.15) is 23.7 Å². The molecule has 0 spiro atoms. The van der Waals surface area contributed by atoms with E-state index < -0.39 is 0 Å². The summed E-state index contributed by atoms with van der Waals surface area (Å²) < 4.78 is 6.52. The van der Waals surface area contributed by atoms with Crippen LogP contribution in [0.4, 0.5) is 5.69 Å². The number of amides is 1. The lowest BCUT2D eigenvalue weighted by molar-refractivity contribution is 0.102. The van der Waals surface area contributed by atoms with Crippen LogP contribution in [-0.2, 0) is 0 Å². The van der Waals surface area contributed by atoms with Crippen molar-refractivity contribution in [2.75, 3.05) is 11.9 Å². The molecule has 0 saturated carbocycles. The third-order valence-electron chi connectivity index (χ3n) is 2.68. The van der Waals surface area contributed by atoms with Crippen molar-refractivity contribution in [1.82, 2.24) is 0 Å². The highest BCUT2D eigenvalue weighted by atomic mass is 79.9. The van der Waals surface area contributed by atoms with Crippen LogP contribution >= 0.6 is 15.9 Å². The molecule has 0 unspecified atom stereocenters. The number of ether oxygens (including phenoxy) is 1. The molecule has 0 bridgehead atoms. The summed E-state index contributed by atoms with van der Waals surface area (Å²) in [5.41, 5.74) is 1.29. The van der Waals surface area contributed by atoms with Crippen LogP contribution in [0, 0.1) is 0 Å². The molecule has 0 saturated heterocycles. The smallest absolute Gasteiger partial charge is 0.259 e. The normalized spacial score (nSPS) is 10.1. The molecule has 2 aromatic carbocycles. The van der Waals surface area contributed by atoms with Crippen molar-refractivity contribution in [2.24, 2.45) is 0 Å². The molecule has 4 heteroatoms. The number of halogens is 1. The van der Waals surface area contributed by atoms with Gasteiger partial charge in [0.05, 0.1) is 12.2 Å². The second kappa shape index (κ2) is 7.10. The Balaban J connectivity index is 2.16. The van der Waals surface area contributed by atoms with Gasteiger partial charge in [-0.1, -0.05) is 41.1 Å². The average Bonchev–Trinajstić information content (AvgIpc) is 2.45. The molecule has 0 heterocycles. The summed E-state index contributed by atoms with van der Waals surface area (Å²) in [5.74, 6) is 0.441. The average molecular weight is 334 g/mol. The molecule has 1 N–H and O–H groups in total. The van der Waals surface area contributed by atoms with E-state index in [1.54, 1.807) is 6.07 Å². The van der Waals surface area contributed by atoms with Gasteiger partial charge in [-0.25, -0.2) is 0 Å². The maximum absolute atomic E-state index is 12.3. The summed E-state index contributed by atoms with van der Waals surface area (Å²) in [5, 5.41) is 2.87. The number of carbonyl (C=O) groups excluding carboxylic acids is 1. The summed E-state index contributed by atoms with van der Waals surface area (Å²) >= 11 is 3.38. The van der Waals surface area contributed by atoms with E-state index in [9.17, 15) is 4.79 Å². The molecular formula is C16H16BrNO2. The minimum atomic E-state index is -0.171. The van der Waals surface area contributed by atoms with Crippen LogP contribution in [0.3, 0.4) is 0 Å². The number of benzene rings is 2. The first kappa shape index (κ1) is 14.6. The van der Waals surface area contributed by atoms with Gasteiger partial charge in [-0.3, -0.25) is 4.79 Å². The van der Waals surface area contributed by atoms with Crippen LogP contribution in [0.2, 0.25) is 0 Å². The quantitative estimate of drug-likeness (QED) is 0.875. The van der Waals surface area contributed by atoms with Crippen LogP contribution in [-0.4, -0.2) is 12.5 Å². The topological polar surface area (TPSA) is 38.3 Å². The van der Waals surface area contributed by atoms with Crippen molar-refractivity contribution in [3.63, 3.8) is 0 Å². The van der Waals surface area contributed by atoms with E-state index in [1.165, 1.54) is 0 Å². The number of anilines is 1. The van der Waals surface area contributed by atoms with Gasteiger partial charge in [0.2, 0.25) is 0 Å². The number of hydrogen-bond acceptors (Lipinski definition) is 2. The molecule has 2 rings (SSSR count). The Hall–Kier alpha value is -1.81. The third kappa shape index (κ3) is 3.84. The maximum Gasteiger partial charge on any atom is 0.259 e. The monoisotopic (exact) mass is 333 g/mol. The van der Waals surface area contributed by atoms with Crippen molar-refractivity contribution in [1.29, 1.82) is 0 Å². The van der Waals surface area contributed by atoms with Gasteiger partial charge in [0.1, 0.15) is 5.75 Å². The van der Waals surface area contributed by atoms with Crippen LogP contribution in [0.25, 0.3) is 0 Å². The fourth-order valence-corrected chi connectivity index (χ4v) is 2.16. The van der Waals surface area contributed by atoms with Crippen LogP contribution < -0.4 is 10.1 Å². The molecule has 104 valence electrons. The first-order valence-corrected chi connectivity index (χ1v) is 7.28. The van der Waals surface area contributed by atoms with Crippen LogP contribution in [0.15, 0.2) is 53.0 Å². The molecule has 20 heavy (non-hydrogen) atoms. The standard InChI is InChI=1S/C16H16BrNO2/c1-2-10-20-15-9-4-3-8-14(15)16(19)18-13-7-5-6-12(17)11-13/h3-9,11H,2,10H2,1H3,(H,18,19). The first-order chi connectivity index (χ1) is 9.70. The van der Waals surface area contributed by atoms with Crippen molar-refractivity contribution in [3.8, 4) is 5.75 Å². The maximum atomic E-state index is 12.3. The molecule has 2 aromatic rings. The van der Waals surface area contributed by atoms with E-state index in [2.05, 4.69) is 21.2 Å². The number of para-hydroxylation sites is 1. The predicted octanol–water partition coefficient (Wildman–Crippen LogP) is 4.49. The fourth-order valence-electron chi connectivity index (χ4n) is 1.76. The summed E-state index contributed by atoms with van der Waals surface area (Å²) in [4.78, 5) is 12.3. The Morgan fingerprint density at radius 3 is 2.75 bits per heavy atom. The Labute approximate surface area is 127 Å². The summed E-state index contributed by atoms with van der Waals surface area (Å²) in [6.07, 6.45) is 0.904. The number of rotatable bonds is 5. The Morgan fingerprint density at radius 1 is 1.20 bits per heavy atom. The highest BCUT2D eigenvalue weighted by Gasteiger charge is 2.12. The lowest BCUT2D eigenvalue weighted by Crippen LogP contribution is -2.13. The number of carbonyl (C=O) groups is 1. The highest BCUT2D eigenvalue weighted by molar-refractivity contribution is 9.10. The van der Waals surface area contributed by atoms with Gasteiger partial charge >= 0.3 is 0 Å². The van der Waals surface area contributed by atoms with Gasteiger partial charge in [0.25, 0.3) is 5.91 Å². The fraction of sp³-hybridized carbons (Fsp3) is 0.188. The van der Waals surface area contributed by atoms with E-state index in [4.69, 9.17) is 4.74 Å². The summed E-state index contributed by atoms with van der Waals surface area (Å²) in [7, 11) is 0. The van der Waals surface area contributed by atoms with Gasteiger partial charge in [0, 0.05) is 10.2 Å². The summed E-state index contributed by atoms with van der Waals surface area (Å²) in [6, 6.07) is 14.7. The largest absolute Gasteiger partial charge is 0.493 e. The van der Waals surface area contributed by atoms with Gasteiger partial charge in [-0.15, -0.1) is 0 Å². The van der Waals surface area contributed by atoms with Crippen molar-refractivity contribution >= 4 is 27.5 Å². The Bertz CT molecular complexity index is 599. The van der Waals surface area contributed by atoms with E-state index in [-0.39, 0.29) is 5.91 Å². The zero-order chi connectivity index (χ0) is 14.4. The van der Waals surface area contributed by atoms with Crippen LogP contribution in [0.5, 0.6) is 5.75 Å². The van der Waals surface area contributed by atoms with E-state index >= 15 is 0 Å². The van der Waals surface area contributed by atoms with E-state index in [1.807, 2.05) is 49.4 Å². The molecular weight excluding hydrogens is 318 g/mol. The van der Waals surface area contributed by atoms with Gasteiger partial charge in [-0.2, -0.15) is 0 Å². The van der Waals surface area contributed by atoms with Gasteiger partial charge in [0.15, 0.2) is 0 Å². The zero-order valence-corrected chi connectivity index (χ0v) is 12.8. The zero-order valence-electron chi connectivity index (χ0n) is 11.2. The van der Waals surface area contributed by atoms with Gasteiger partial charge in [-0.05, 0) is 36.8 Å². The Morgan fingerprint density at radius 2 is 2.00 bits per heavy atom. The minimum absolute atomic E-state index is 0.171. The second-order valence-electron chi connectivity index (χ2n) is 4.31. The minimum Gasteiger partial charge on any atom is -0.493 e. The molecule has 0 aliphatic heterocycles.